The van der Waals surface area contributed by atoms with Gasteiger partial charge in [0.2, 0.25) is 5.91 Å². The van der Waals surface area contributed by atoms with Crippen LogP contribution in [0.4, 0.5) is 5.69 Å². The van der Waals surface area contributed by atoms with Gasteiger partial charge in [-0.25, -0.2) is 4.98 Å². The lowest BCUT2D eigenvalue weighted by molar-refractivity contribution is -0.116. The molecule has 0 bridgehead atoms. The van der Waals surface area contributed by atoms with Gasteiger partial charge in [-0.3, -0.25) is 9.78 Å². The molecular weight excluding hydrogens is 312 g/mol. The number of imidazole rings is 1. The lowest BCUT2D eigenvalue weighted by atomic mass is 10.2. The van der Waals surface area contributed by atoms with E-state index in [2.05, 4.69) is 15.3 Å². The second-order valence-electron chi connectivity index (χ2n) is 5.01. The van der Waals surface area contributed by atoms with Crippen LogP contribution in [0.5, 0.6) is 0 Å². The Hall–Kier alpha value is -2.66. The van der Waals surface area contributed by atoms with Crippen LogP contribution in [-0.4, -0.2) is 20.4 Å². The molecule has 0 aliphatic carbocycles. The summed E-state index contributed by atoms with van der Waals surface area (Å²) in [5.74, 6) is -0.0675. The van der Waals surface area contributed by atoms with Crippen LogP contribution < -0.4 is 5.32 Å². The zero-order valence-corrected chi connectivity index (χ0v) is 13.1. The normalized spacial score (nSPS) is 10.5. The number of nitrogens with one attached hydrogen (secondary N) is 1. The Morgan fingerprint density at radius 3 is 2.83 bits per heavy atom. The number of nitrogens with zero attached hydrogens (tertiary/aromatic N) is 3. The summed E-state index contributed by atoms with van der Waals surface area (Å²) in [7, 11) is 0. The van der Waals surface area contributed by atoms with Gasteiger partial charge in [0.25, 0.3) is 0 Å². The molecule has 23 heavy (non-hydrogen) atoms. The van der Waals surface area contributed by atoms with E-state index >= 15 is 0 Å². The minimum Gasteiger partial charge on any atom is -0.326 e. The molecule has 0 atom stereocenters. The Morgan fingerprint density at radius 1 is 1.22 bits per heavy atom. The van der Waals surface area contributed by atoms with E-state index < -0.39 is 0 Å². The van der Waals surface area contributed by atoms with Crippen molar-refractivity contribution in [2.75, 3.05) is 5.32 Å². The van der Waals surface area contributed by atoms with Gasteiger partial charge in [0.1, 0.15) is 0 Å². The summed E-state index contributed by atoms with van der Waals surface area (Å²) in [5.41, 5.74) is 2.39. The predicted molar refractivity (Wildman–Crippen MR) is 89.8 cm³/mol. The van der Waals surface area contributed by atoms with E-state index in [9.17, 15) is 4.79 Å². The van der Waals surface area contributed by atoms with Crippen molar-refractivity contribution >= 4 is 23.2 Å². The largest absolute Gasteiger partial charge is 0.326 e. The van der Waals surface area contributed by atoms with Gasteiger partial charge in [-0.2, -0.15) is 0 Å². The van der Waals surface area contributed by atoms with Crippen LogP contribution in [0.2, 0.25) is 5.02 Å². The number of aromatic nitrogens is 3. The van der Waals surface area contributed by atoms with Gasteiger partial charge < -0.3 is 9.88 Å². The molecule has 0 saturated heterocycles. The summed E-state index contributed by atoms with van der Waals surface area (Å²) in [6, 6.07) is 11.1. The topological polar surface area (TPSA) is 59.8 Å². The van der Waals surface area contributed by atoms with E-state index in [0.717, 1.165) is 11.4 Å². The Bertz CT molecular complexity index is 788. The van der Waals surface area contributed by atoms with Gasteiger partial charge in [-0.15, -0.1) is 0 Å². The van der Waals surface area contributed by atoms with Crippen molar-refractivity contribution in [2.45, 2.75) is 12.8 Å². The van der Waals surface area contributed by atoms with Crippen molar-refractivity contribution in [3.05, 3.63) is 72.0 Å². The first-order valence-corrected chi connectivity index (χ1v) is 7.58. The molecule has 6 heteroatoms. The summed E-state index contributed by atoms with van der Waals surface area (Å²) in [6.45, 7) is 0. The zero-order chi connectivity index (χ0) is 16.1. The van der Waals surface area contributed by atoms with E-state index in [4.69, 9.17) is 11.6 Å². The van der Waals surface area contributed by atoms with E-state index in [1.165, 1.54) is 0 Å². The second kappa shape index (κ2) is 7.07. The summed E-state index contributed by atoms with van der Waals surface area (Å²) >= 11 is 6.27. The molecule has 0 aliphatic rings. The standard InChI is InChI=1S/C17H15ClN4O/c18-15-11-14(4-6-16(15)22-10-9-19-12-22)21-17(23)7-5-13-3-1-2-8-20-13/h1-4,6,8-12H,5,7H2,(H,21,23). The molecule has 1 amide bonds. The van der Waals surface area contributed by atoms with Crippen LogP contribution in [0, 0.1) is 0 Å². The average Bonchev–Trinajstić information content (AvgIpc) is 3.08. The zero-order valence-electron chi connectivity index (χ0n) is 12.3. The molecule has 0 saturated carbocycles. The fraction of sp³-hybridized carbons (Fsp3) is 0.118. The first-order chi connectivity index (χ1) is 11.2. The Morgan fingerprint density at radius 2 is 2.13 bits per heavy atom. The summed E-state index contributed by atoms with van der Waals surface area (Å²) in [6.07, 6.45) is 7.87. The number of pyridine rings is 1. The van der Waals surface area contributed by atoms with Gasteiger partial charge >= 0.3 is 0 Å². The SMILES string of the molecule is O=C(CCc1ccccn1)Nc1ccc(-n2ccnc2)c(Cl)c1. The van der Waals surface area contributed by atoms with E-state index in [1.54, 1.807) is 24.8 Å². The molecule has 0 spiro atoms. The average molecular weight is 327 g/mol. The van der Waals surface area contributed by atoms with E-state index in [0.29, 0.717) is 23.6 Å². The van der Waals surface area contributed by atoms with Crippen molar-refractivity contribution in [2.24, 2.45) is 0 Å². The van der Waals surface area contributed by atoms with Gasteiger partial charge in [-0.05, 0) is 36.8 Å². The number of halogens is 1. The molecule has 2 aromatic heterocycles. The van der Waals surface area contributed by atoms with Crippen molar-refractivity contribution in [1.82, 2.24) is 14.5 Å². The lowest BCUT2D eigenvalue weighted by Gasteiger charge is -2.09. The Kier molecular flexibility index (Phi) is 4.68. The summed E-state index contributed by atoms with van der Waals surface area (Å²) < 4.78 is 1.81. The number of anilines is 1. The number of carbonyl (C=O) groups is 1. The molecular formula is C17H15ClN4O. The van der Waals surface area contributed by atoms with Crippen molar-refractivity contribution in [1.29, 1.82) is 0 Å². The molecule has 3 rings (SSSR count). The van der Waals surface area contributed by atoms with Gasteiger partial charge in [0.05, 0.1) is 17.0 Å². The van der Waals surface area contributed by atoms with Gasteiger partial charge in [0, 0.05) is 36.4 Å². The quantitative estimate of drug-likeness (QED) is 0.780. The molecule has 3 aromatic rings. The lowest BCUT2D eigenvalue weighted by Crippen LogP contribution is -2.12. The third-order valence-corrected chi connectivity index (χ3v) is 3.65. The van der Waals surface area contributed by atoms with Crippen molar-refractivity contribution in [3.8, 4) is 5.69 Å². The molecule has 5 nitrogen and oxygen atoms in total. The molecule has 1 N–H and O–H groups in total. The Balaban J connectivity index is 1.62. The maximum atomic E-state index is 12.0. The number of hydrogen-bond donors (Lipinski definition) is 1. The number of carbonyl (C=O) groups excluding carboxylic acids is 1. The van der Waals surface area contributed by atoms with Crippen LogP contribution in [0.25, 0.3) is 5.69 Å². The Labute approximate surface area is 139 Å². The highest BCUT2D eigenvalue weighted by molar-refractivity contribution is 6.32. The minimum atomic E-state index is -0.0675. The van der Waals surface area contributed by atoms with Crippen LogP contribution in [0.15, 0.2) is 61.3 Å². The van der Waals surface area contributed by atoms with Gasteiger partial charge in [-0.1, -0.05) is 17.7 Å². The first kappa shape index (κ1) is 15.2. The number of rotatable bonds is 5. The maximum absolute atomic E-state index is 12.0. The summed E-state index contributed by atoms with van der Waals surface area (Å²) in [4.78, 5) is 20.2. The number of aryl methyl sites for hydroxylation is 1. The molecule has 116 valence electrons. The molecule has 2 heterocycles. The highest BCUT2D eigenvalue weighted by Gasteiger charge is 2.07. The predicted octanol–water partition coefficient (Wildman–Crippen LogP) is 3.49. The van der Waals surface area contributed by atoms with Crippen molar-refractivity contribution in [3.63, 3.8) is 0 Å². The number of amides is 1. The van der Waals surface area contributed by atoms with Gasteiger partial charge in [0.15, 0.2) is 0 Å². The molecule has 0 radical (unpaired) electrons. The van der Waals surface area contributed by atoms with Crippen LogP contribution in [-0.2, 0) is 11.2 Å². The summed E-state index contributed by atoms with van der Waals surface area (Å²) in [5, 5.41) is 3.40. The highest BCUT2D eigenvalue weighted by atomic mass is 35.5. The fourth-order valence-electron chi connectivity index (χ4n) is 2.21. The molecule has 0 aliphatic heterocycles. The number of hydrogen-bond acceptors (Lipinski definition) is 3. The third kappa shape index (κ3) is 3.96. The van der Waals surface area contributed by atoms with Crippen molar-refractivity contribution < 1.29 is 4.79 Å². The molecule has 1 aromatic carbocycles. The van der Waals surface area contributed by atoms with Crippen LogP contribution >= 0.6 is 11.6 Å². The minimum absolute atomic E-state index is 0.0675. The fourth-order valence-corrected chi connectivity index (χ4v) is 2.48. The van der Waals surface area contributed by atoms with Crippen LogP contribution in [0.1, 0.15) is 12.1 Å². The number of benzene rings is 1. The van der Waals surface area contributed by atoms with Crippen LogP contribution in [0.3, 0.4) is 0 Å². The van der Waals surface area contributed by atoms with E-state index in [1.807, 2.05) is 41.1 Å². The highest BCUT2D eigenvalue weighted by Crippen LogP contribution is 2.24. The maximum Gasteiger partial charge on any atom is 0.224 e. The molecule has 0 fully saturated rings. The first-order valence-electron chi connectivity index (χ1n) is 7.20. The van der Waals surface area contributed by atoms with E-state index in [-0.39, 0.29) is 5.91 Å². The molecule has 0 unspecified atom stereocenters. The smallest absolute Gasteiger partial charge is 0.224 e. The second-order valence-corrected chi connectivity index (χ2v) is 5.41. The monoisotopic (exact) mass is 326 g/mol. The third-order valence-electron chi connectivity index (χ3n) is 3.35.